The Morgan fingerprint density at radius 1 is 0.846 bits per heavy atom. The van der Waals surface area contributed by atoms with E-state index in [0.29, 0.717) is 5.02 Å². The van der Waals surface area contributed by atoms with E-state index in [9.17, 15) is 4.39 Å². The molecule has 0 N–H and O–H groups in total. The minimum Gasteiger partial charge on any atom is -0.352 e. The summed E-state index contributed by atoms with van der Waals surface area (Å²) in [5.41, 5.74) is 1.58. The second-order valence-electron chi connectivity index (χ2n) is 6.07. The second kappa shape index (κ2) is 7.25. The van der Waals surface area contributed by atoms with Crippen LogP contribution in [0.4, 0.5) is 16.0 Å². The van der Waals surface area contributed by atoms with Gasteiger partial charge in [0.15, 0.2) is 5.82 Å². The van der Waals surface area contributed by atoms with Crippen LogP contribution in [0.1, 0.15) is 0 Å². The number of hydrogen-bond acceptors (Lipinski definition) is 5. The van der Waals surface area contributed by atoms with Crippen LogP contribution in [0.3, 0.4) is 0 Å². The van der Waals surface area contributed by atoms with Crippen LogP contribution in [0.2, 0.25) is 5.02 Å². The zero-order chi connectivity index (χ0) is 17.9. The van der Waals surface area contributed by atoms with Gasteiger partial charge in [-0.3, -0.25) is 0 Å². The Kier molecular flexibility index (Phi) is 4.67. The van der Waals surface area contributed by atoms with Gasteiger partial charge in [0.1, 0.15) is 11.6 Å². The normalized spacial score (nSPS) is 14.5. The van der Waals surface area contributed by atoms with Crippen molar-refractivity contribution in [2.24, 2.45) is 0 Å². The van der Waals surface area contributed by atoms with Gasteiger partial charge >= 0.3 is 0 Å². The van der Waals surface area contributed by atoms with Crippen LogP contribution >= 0.6 is 11.6 Å². The van der Waals surface area contributed by atoms with E-state index in [-0.39, 0.29) is 5.82 Å². The van der Waals surface area contributed by atoms with Gasteiger partial charge in [-0.15, -0.1) is 10.2 Å². The van der Waals surface area contributed by atoms with E-state index in [1.807, 2.05) is 24.3 Å². The van der Waals surface area contributed by atoms with E-state index in [0.717, 1.165) is 49.1 Å². The van der Waals surface area contributed by atoms with E-state index in [1.54, 1.807) is 18.3 Å². The van der Waals surface area contributed by atoms with Crippen molar-refractivity contribution in [3.05, 3.63) is 65.6 Å². The molecule has 0 radical (unpaired) electrons. The summed E-state index contributed by atoms with van der Waals surface area (Å²) in [5, 5.41) is 9.29. The van der Waals surface area contributed by atoms with Crippen molar-refractivity contribution in [2.75, 3.05) is 36.0 Å². The number of nitrogens with zero attached hydrogens (tertiary/aromatic N) is 5. The van der Waals surface area contributed by atoms with Crippen molar-refractivity contribution in [1.82, 2.24) is 15.2 Å². The van der Waals surface area contributed by atoms with Gasteiger partial charge in [-0.2, -0.15) is 0 Å². The lowest BCUT2D eigenvalue weighted by molar-refractivity contribution is 0.628. The largest absolute Gasteiger partial charge is 0.352 e. The number of pyridine rings is 1. The first kappa shape index (κ1) is 16.7. The number of rotatable bonds is 3. The molecule has 0 bridgehead atoms. The minimum atomic E-state index is -0.260. The highest BCUT2D eigenvalue weighted by Gasteiger charge is 2.20. The molecular formula is C19H17ClFN5. The zero-order valence-electron chi connectivity index (χ0n) is 14.0. The van der Waals surface area contributed by atoms with Crippen molar-refractivity contribution in [3.8, 4) is 11.3 Å². The van der Waals surface area contributed by atoms with Crippen LogP contribution < -0.4 is 9.80 Å². The molecule has 1 aliphatic heterocycles. The summed E-state index contributed by atoms with van der Waals surface area (Å²) in [4.78, 5) is 8.74. The topological polar surface area (TPSA) is 45.2 Å². The Morgan fingerprint density at radius 2 is 1.58 bits per heavy atom. The van der Waals surface area contributed by atoms with E-state index < -0.39 is 0 Å². The lowest BCUT2D eigenvalue weighted by Gasteiger charge is -2.36. The van der Waals surface area contributed by atoms with Crippen LogP contribution in [0.5, 0.6) is 0 Å². The molecule has 0 saturated carbocycles. The maximum Gasteiger partial charge on any atom is 0.151 e. The predicted octanol–water partition coefficient (Wildman–Crippen LogP) is 3.66. The van der Waals surface area contributed by atoms with E-state index >= 15 is 0 Å². The van der Waals surface area contributed by atoms with Crippen LogP contribution in [-0.2, 0) is 0 Å². The maximum absolute atomic E-state index is 13.0. The third kappa shape index (κ3) is 3.46. The Labute approximate surface area is 156 Å². The summed E-state index contributed by atoms with van der Waals surface area (Å²) in [5.74, 6) is 1.40. The van der Waals surface area contributed by atoms with Gasteiger partial charge in [-0.1, -0.05) is 11.6 Å². The molecule has 1 fully saturated rings. The minimum absolute atomic E-state index is 0.260. The van der Waals surface area contributed by atoms with Crippen LogP contribution in [0.15, 0.2) is 54.7 Å². The summed E-state index contributed by atoms with van der Waals surface area (Å²) in [6, 6.07) is 13.8. The fourth-order valence-electron chi connectivity index (χ4n) is 3.03. The molecule has 0 atom stereocenters. The maximum atomic E-state index is 13.0. The third-order valence-electron chi connectivity index (χ3n) is 4.43. The first-order valence-corrected chi connectivity index (χ1v) is 8.78. The number of anilines is 2. The van der Waals surface area contributed by atoms with Crippen LogP contribution in [0.25, 0.3) is 11.3 Å². The molecule has 5 nitrogen and oxygen atoms in total. The van der Waals surface area contributed by atoms with Crippen molar-refractivity contribution in [3.63, 3.8) is 0 Å². The molecule has 2 aromatic heterocycles. The molecular weight excluding hydrogens is 353 g/mol. The molecule has 0 amide bonds. The van der Waals surface area contributed by atoms with E-state index in [2.05, 4.69) is 25.0 Å². The summed E-state index contributed by atoms with van der Waals surface area (Å²) < 4.78 is 13.0. The molecule has 4 rings (SSSR count). The van der Waals surface area contributed by atoms with Gasteiger partial charge in [0, 0.05) is 37.9 Å². The fraction of sp³-hybridized carbons (Fsp3) is 0.211. The highest BCUT2D eigenvalue weighted by atomic mass is 35.5. The van der Waals surface area contributed by atoms with Gasteiger partial charge in [-0.25, -0.2) is 9.37 Å². The standard InChI is InChI=1S/C19H17ClFN5/c20-16-2-1-9-22-19(16)26-12-10-25(11-13-26)18-8-7-17(23-24-18)14-3-5-15(21)6-4-14/h1-9H,10-13H2. The number of benzene rings is 1. The number of piperazine rings is 1. The monoisotopic (exact) mass is 369 g/mol. The smallest absolute Gasteiger partial charge is 0.151 e. The summed E-state index contributed by atoms with van der Waals surface area (Å²) in [6.45, 7) is 3.27. The summed E-state index contributed by atoms with van der Waals surface area (Å²) in [7, 11) is 0. The number of hydrogen-bond donors (Lipinski definition) is 0. The Morgan fingerprint density at radius 3 is 2.23 bits per heavy atom. The summed E-state index contributed by atoms with van der Waals surface area (Å²) in [6.07, 6.45) is 1.76. The van der Waals surface area contributed by atoms with Gasteiger partial charge in [0.05, 0.1) is 10.7 Å². The summed E-state index contributed by atoms with van der Waals surface area (Å²) >= 11 is 6.23. The SMILES string of the molecule is Fc1ccc(-c2ccc(N3CCN(c4ncccc4Cl)CC3)nn2)cc1. The molecule has 132 valence electrons. The van der Waals surface area contributed by atoms with E-state index in [4.69, 9.17) is 11.6 Å². The highest BCUT2D eigenvalue weighted by molar-refractivity contribution is 6.32. The van der Waals surface area contributed by atoms with Crippen molar-refractivity contribution >= 4 is 23.2 Å². The Balaban J connectivity index is 1.43. The molecule has 1 aliphatic rings. The van der Waals surface area contributed by atoms with Crippen molar-refractivity contribution in [2.45, 2.75) is 0 Å². The first-order chi connectivity index (χ1) is 12.7. The average molecular weight is 370 g/mol. The molecule has 3 heterocycles. The Hall–Kier alpha value is -2.73. The van der Waals surface area contributed by atoms with E-state index in [1.165, 1.54) is 12.1 Å². The van der Waals surface area contributed by atoms with Crippen LogP contribution in [-0.4, -0.2) is 41.4 Å². The van der Waals surface area contributed by atoms with Crippen molar-refractivity contribution in [1.29, 1.82) is 0 Å². The van der Waals surface area contributed by atoms with Crippen LogP contribution in [0, 0.1) is 5.82 Å². The predicted molar refractivity (Wildman–Crippen MR) is 101 cm³/mol. The molecule has 0 spiro atoms. The number of halogens is 2. The lowest BCUT2D eigenvalue weighted by Crippen LogP contribution is -2.47. The van der Waals surface area contributed by atoms with Crippen molar-refractivity contribution < 1.29 is 4.39 Å². The second-order valence-corrected chi connectivity index (χ2v) is 6.47. The highest BCUT2D eigenvalue weighted by Crippen LogP contribution is 2.25. The molecule has 3 aromatic rings. The quantitative estimate of drug-likeness (QED) is 0.705. The molecule has 1 aromatic carbocycles. The molecule has 26 heavy (non-hydrogen) atoms. The first-order valence-electron chi connectivity index (χ1n) is 8.41. The van der Waals surface area contributed by atoms with Gasteiger partial charge < -0.3 is 9.80 Å². The van der Waals surface area contributed by atoms with Gasteiger partial charge in [0.2, 0.25) is 0 Å². The Bertz CT molecular complexity index is 877. The molecule has 7 heteroatoms. The van der Waals surface area contributed by atoms with Gasteiger partial charge in [0.25, 0.3) is 0 Å². The molecule has 1 saturated heterocycles. The number of aromatic nitrogens is 3. The average Bonchev–Trinajstić information content (AvgIpc) is 2.69. The third-order valence-corrected chi connectivity index (χ3v) is 4.73. The fourth-order valence-corrected chi connectivity index (χ4v) is 3.27. The molecule has 0 unspecified atom stereocenters. The zero-order valence-corrected chi connectivity index (χ0v) is 14.8. The molecule has 0 aliphatic carbocycles. The van der Waals surface area contributed by atoms with Gasteiger partial charge in [-0.05, 0) is 48.5 Å². The lowest BCUT2D eigenvalue weighted by atomic mass is 10.1.